The van der Waals surface area contributed by atoms with Gasteiger partial charge in [0.05, 0.1) is 5.69 Å². The van der Waals surface area contributed by atoms with Crippen molar-refractivity contribution < 1.29 is 17.6 Å². The second-order valence-corrected chi connectivity index (χ2v) is 9.02. The third kappa shape index (κ3) is 4.41. The number of furan rings is 1. The summed E-state index contributed by atoms with van der Waals surface area (Å²) in [5.41, 5.74) is 2.04. The zero-order chi connectivity index (χ0) is 19.6. The van der Waals surface area contributed by atoms with Gasteiger partial charge in [0.25, 0.3) is 15.9 Å². The normalized spacial score (nSPS) is 16.6. The van der Waals surface area contributed by atoms with Crippen molar-refractivity contribution in [2.45, 2.75) is 45.2 Å². The Hall–Kier alpha value is -2.13. The largest absolute Gasteiger partial charge is 0.438 e. The fourth-order valence-corrected chi connectivity index (χ4v) is 4.64. The van der Waals surface area contributed by atoms with E-state index in [1.54, 1.807) is 0 Å². The van der Waals surface area contributed by atoms with Gasteiger partial charge in [-0.1, -0.05) is 6.92 Å². The number of aromatic nitrogens is 2. The van der Waals surface area contributed by atoms with Gasteiger partial charge in [0.15, 0.2) is 5.76 Å². The zero-order valence-electron chi connectivity index (χ0n) is 15.9. The molecule has 2 aromatic heterocycles. The molecule has 0 saturated carbocycles. The number of aryl methyl sites for hydroxylation is 2. The summed E-state index contributed by atoms with van der Waals surface area (Å²) in [6, 6.07) is 4.77. The number of rotatable bonds is 7. The molecule has 27 heavy (non-hydrogen) atoms. The standard InChI is InChI=1S/C18H26N4O4S/c1-13(12-22-15(3)10-14(2)20-22)11-19-18(23)16-6-7-17(26-16)27(24,25)21-8-4-5-9-21/h6-7,10,13H,4-5,8-9,11-12H2,1-3H3,(H,19,23)/t13-/m0/s1. The third-order valence-electron chi connectivity index (χ3n) is 4.66. The van der Waals surface area contributed by atoms with Gasteiger partial charge in [-0.2, -0.15) is 9.40 Å². The molecule has 8 nitrogen and oxygen atoms in total. The summed E-state index contributed by atoms with van der Waals surface area (Å²) in [7, 11) is -3.65. The molecule has 0 spiro atoms. The molecule has 0 radical (unpaired) electrons. The molecular formula is C18H26N4O4S. The molecule has 9 heteroatoms. The Labute approximate surface area is 159 Å². The van der Waals surface area contributed by atoms with E-state index in [0.717, 1.165) is 24.2 Å². The van der Waals surface area contributed by atoms with Crippen LogP contribution in [0.1, 0.15) is 41.7 Å². The van der Waals surface area contributed by atoms with Crippen molar-refractivity contribution in [2.24, 2.45) is 5.92 Å². The van der Waals surface area contributed by atoms with Gasteiger partial charge in [0, 0.05) is 31.9 Å². The summed E-state index contributed by atoms with van der Waals surface area (Å²) in [6.45, 7) is 8.07. The van der Waals surface area contributed by atoms with Crippen LogP contribution >= 0.6 is 0 Å². The molecule has 3 rings (SSSR count). The highest BCUT2D eigenvalue weighted by Crippen LogP contribution is 2.22. The Bertz CT molecular complexity index is 910. The van der Waals surface area contributed by atoms with Crippen LogP contribution in [0.5, 0.6) is 0 Å². The van der Waals surface area contributed by atoms with Gasteiger partial charge in [0.2, 0.25) is 5.09 Å². The number of carbonyl (C=O) groups is 1. The average Bonchev–Trinajstić information content (AvgIpc) is 3.34. The lowest BCUT2D eigenvalue weighted by Gasteiger charge is -2.14. The van der Waals surface area contributed by atoms with Crippen LogP contribution in [0.25, 0.3) is 0 Å². The highest BCUT2D eigenvalue weighted by Gasteiger charge is 2.30. The molecular weight excluding hydrogens is 368 g/mol. The van der Waals surface area contributed by atoms with E-state index in [4.69, 9.17) is 4.42 Å². The van der Waals surface area contributed by atoms with Crippen LogP contribution in [0.3, 0.4) is 0 Å². The molecule has 2 aromatic rings. The maximum atomic E-state index is 12.5. The minimum absolute atomic E-state index is 0.00564. The molecule has 1 aliphatic heterocycles. The first-order chi connectivity index (χ1) is 12.8. The van der Waals surface area contributed by atoms with Gasteiger partial charge in [-0.05, 0) is 50.8 Å². The molecule has 0 aromatic carbocycles. The second-order valence-electron chi connectivity index (χ2n) is 7.15. The maximum Gasteiger partial charge on any atom is 0.287 e. The summed E-state index contributed by atoms with van der Waals surface area (Å²) in [5.74, 6) is -0.251. The average molecular weight is 394 g/mol. The summed E-state index contributed by atoms with van der Waals surface area (Å²) >= 11 is 0. The topological polar surface area (TPSA) is 97.4 Å². The van der Waals surface area contributed by atoms with E-state index in [2.05, 4.69) is 10.4 Å². The number of nitrogens with one attached hydrogen (secondary N) is 1. The smallest absolute Gasteiger partial charge is 0.287 e. The van der Waals surface area contributed by atoms with E-state index in [1.807, 2.05) is 31.5 Å². The van der Waals surface area contributed by atoms with Crippen molar-refractivity contribution in [1.82, 2.24) is 19.4 Å². The lowest BCUT2D eigenvalue weighted by Crippen LogP contribution is -2.30. The van der Waals surface area contributed by atoms with E-state index in [-0.39, 0.29) is 16.8 Å². The SMILES string of the molecule is Cc1cc(C)n(C[C@@H](C)CNC(=O)c2ccc(S(=O)(=O)N3CCCC3)o2)n1. The molecule has 0 unspecified atom stereocenters. The Morgan fingerprint density at radius 3 is 2.63 bits per heavy atom. The van der Waals surface area contributed by atoms with Crippen molar-refractivity contribution in [2.75, 3.05) is 19.6 Å². The van der Waals surface area contributed by atoms with Crippen LogP contribution in [0, 0.1) is 19.8 Å². The molecule has 148 valence electrons. The number of hydrogen-bond donors (Lipinski definition) is 1. The minimum atomic E-state index is -3.65. The zero-order valence-corrected chi connectivity index (χ0v) is 16.8. The molecule has 1 saturated heterocycles. The number of amides is 1. The highest BCUT2D eigenvalue weighted by molar-refractivity contribution is 7.89. The lowest BCUT2D eigenvalue weighted by atomic mass is 10.2. The Morgan fingerprint density at radius 1 is 1.30 bits per heavy atom. The van der Waals surface area contributed by atoms with Crippen LogP contribution in [-0.4, -0.2) is 48.0 Å². The van der Waals surface area contributed by atoms with E-state index >= 15 is 0 Å². The molecule has 3 heterocycles. The van der Waals surface area contributed by atoms with Crippen LogP contribution in [-0.2, 0) is 16.6 Å². The van der Waals surface area contributed by atoms with Crippen molar-refractivity contribution in [1.29, 1.82) is 0 Å². The van der Waals surface area contributed by atoms with E-state index in [9.17, 15) is 13.2 Å². The third-order valence-corrected chi connectivity index (χ3v) is 6.44. The fourth-order valence-electron chi connectivity index (χ4n) is 3.21. The summed E-state index contributed by atoms with van der Waals surface area (Å²) < 4.78 is 33.6. The number of hydrogen-bond acceptors (Lipinski definition) is 5. The number of nitrogens with zero attached hydrogens (tertiary/aromatic N) is 3. The molecule has 1 fully saturated rings. The van der Waals surface area contributed by atoms with Gasteiger partial charge < -0.3 is 9.73 Å². The van der Waals surface area contributed by atoms with Gasteiger partial charge in [0.1, 0.15) is 0 Å². The van der Waals surface area contributed by atoms with E-state index in [1.165, 1.54) is 16.4 Å². The van der Waals surface area contributed by atoms with Crippen molar-refractivity contribution in [3.8, 4) is 0 Å². The quantitative estimate of drug-likeness (QED) is 0.774. The number of carbonyl (C=O) groups excluding carboxylic acids is 1. The molecule has 0 bridgehead atoms. The van der Waals surface area contributed by atoms with Crippen molar-refractivity contribution in [3.63, 3.8) is 0 Å². The Balaban J connectivity index is 1.57. The molecule has 1 amide bonds. The monoisotopic (exact) mass is 394 g/mol. The van der Waals surface area contributed by atoms with Crippen LogP contribution < -0.4 is 5.32 Å². The second kappa shape index (κ2) is 7.85. The Kier molecular flexibility index (Phi) is 5.71. The van der Waals surface area contributed by atoms with Crippen LogP contribution in [0.15, 0.2) is 27.7 Å². The van der Waals surface area contributed by atoms with Crippen molar-refractivity contribution >= 4 is 15.9 Å². The van der Waals surface area contributed by atoms with Crippen LogP contribution in [0.4, 0.5) is 0 Å². The number of sulfonamides is 1. The van der Waals surface area contributed by atoms with Gasteiger partial charge in [-0.25, -0.2) is 8.42 Å². The molecule has 1 N–H and O–H groups in total. The minimum Gasteiger partial charge on any atom is -0.438 e. The Morgan fingerprint density at radius 2 is 2.00 bits per heavy atom. The van der Waals surface area contributed by atoms with Gasteiger partial charge in [-0.15, -0.1) is 0 Å². The molecule has 1 aliphatic rings. The van der Waals surface area contributed by atoms with Gasteiger partial charge >= 0.3 is 0 Å². The molecule has 0 aliphatic carbocycles. The van der Waals surface area contributed by atoms with E-state index in [0.29, 0.717) is 26.2 Å². The first kappa shape index (κ1) is 19.6. The maximum absolute atomic E-state index is 12.5. The predicted octanol–water partition coefficient (Wildman–Crippen LogP) is 1.94. The van der Waals surface area contributed by atoms with E-state index < -0.39 is 15.9 Å². The first-order valence-electron chi connectivity index (χ1n) is 9.16. The van der Waals surface area contributed by atoms with Crippen LogP contribution in [0.2, 0.25) is 0 Å². The predicted molar refractivity (Wildman–Crippen MR) is 99.9 cm³/mol. The summed E-state index contributed by atoms with van der Waals surface area (Å²) in [5, 5.41) is 7.04. The summed E-state index contributed by atoms with van der Waals surface area (Å²) in [6.07, 6.45) is 1.70. The summed E-state index contributed by atoms with van der Waals surface area (Å²) in [4.78, 5) is 12.3. The first-order valence-corrected chi connectivity index (χ1v) is 10.6. The molecule has 1 atom stereocenters. The van der Waals surface area contributed by atoms with Gasteiger partial charge in [-0.3, -0.25) is 9.48 Å². The lowest BCUT2D eigenvalue weighted by molar-refractivity contribution is 0.0913. The fraction of sp³-hybridized carbons (Fsp3) is 0.556. The van der Waals surface area contributed by atoms with Crippen molar-refractivity contribution in [3.05, 3.63) is 35.3 Å². The highest BCUT2D eigenvalue weighted by atomic mass is 32.2.